The highest BCUT2D eigenvalue weighted by Gasteiger charge is 2.57. The number of aromatic amines is 1. The van der Waals surface area contributed by atoms with Crippen LogP contribution >= 0.6 is 0 Å². The monoisotopic (exact) mass is 624 g/mol. The fourth-order valence-electron chi connectivity index (χ4n) is 9.46. The van der Waals surface area contributed by atoms with Gasteiger partial charge in [0.05, 0.1) is 17.3 Å². The first-order valence-electron chi connectivity index (χ1n) is 17.3. The number of benzene rings is 1. The van der Waals surface area contributed by atoms with Gasteiger partial charge < -0.3 is 15.6 Å². The zero-order valence-corrected chi connectivity index (χ0v) is 27.7. The molecular formula is C37H48N6O3. The Balaban J connectivity index is 1.01. The highest BCUT2D eigenvalue weighted by molar-refractivity contribution is 6.07. The SMILES string of the molecule is Cc1cc(C)c(CNC(=O)c2cc(C3=CCN(CCNC(=O)CC45CC6CC(CC4C6)C5)CC3)cc3c2cnn3C(C)C)c(=O)[nH]1. The lowest BCUT2D eigenvalue weighted by molar-refractivity contribution is -0.124. The number of rotatable bonds is 10. The van der Waals surface area contributed by atoms with Gasteiger partial charge in [0.1, 0.15) is 0 Å². The number of aryl methyl sites for hydroxylation is 2. The summed E-state index contributed by atoms with van der Waals surface area (Å²) >= 11 is 0. The third kappa shape index (κ3) is 5.83. The number of hydrogen-bond donors (Lipinski definition) is 3. The number of carbonyl (C=O) groups is 2. The van der Waals surface area contributed by atoms with E-state index in [0.717, 1.165) is 78.0 Å². The third-order valence-corrected chi connectivity index (χ3v) is 11.5. The fourth-order valence-corrected chi connectivity index (χ4v) is 9.46. The Bertz CT molecular complexity index is 1750. The highest BCUT2D eigenvalue weighted by Crippen LogP contribution is 2.66. The molecule has 2 unspecified atom stereocenters. The Hall–Kier alpha value is -3.72. The maximum absolute atomic E-state index is 13.6. The molecule has 4 saturated carbocycles. The molecule has 4 aliphatic carbocycles. The van der Waals surface area contributed by atoms with Gasteiger partial charge in [-0.05, 0) is 124 Å². The van der Waals surface area contributed by atoms with Gasteiger partial charge in [0, 0.05) is 61.8 Å². The van der Waals surface area contributed by atoms with Crippen LogP contribution in [0.5, 0.6) is 0 Å². The van der Waals surface area contributed by atoms with Gasteiger partial charge in [-0.15, -0.1) is 0 Å². The van der Waals surface area contributed by atoms with Crippen molar-refractivity contribution in [2.75, 3.05) is 26.2 Å². The van der Waals surface area contributed by atoms with Crippen LogP contribution in [0.4, 0.5) is 0 Å². The van der Waals surface area contributed by atoms with Crippen molar-refractivity contribution in [2.45, 2.75) is 85.2 Å². The van der Waals surface area contributed by atoms with Crippen molar-refractivity contribution in [1.29, 1.82) is 0 Å². The van der Waals surface area contributed by atoms with Crippen LogP contribution in [0.1, 0.15) is 97.6 Å². The molecule has 244 valence electrons. The van der Waals surface area contributed by atoms with Crippen LogP contribution in [0.2, 0.25) is 0 Å². The Labute approximate surface area is 271 Å². The largest absolute Gasteiger partial charge is 0.355 e. The molecule has 3 heterocycles. The van der Waals surface area contributed by atoms with E-state index in [1.54, 1.807) is 6.20 Å². The molecular weight excluding hydrogens is 576 g/mol. The van der Waals surface area contributed by atoms with E-state index in [0.29, 0.717) is 23.1 Å². The number of amides is 2. The number of nitrogens with zero attached hydrogens (tertiary/aromatic N) is 3. The van der Waals surface area contributed by atoms with Crippen molar-refractivity contribution in [3.63, 3.8) is 0 Å². The minimum absolute atomic E-state index is 0.141. The topological polar surface area (TPSA) is 112 Å². The van der Waals surface area contributed by atoms with E-state index in [2.05, 4.69) is 51.6 Å². The van der Waals surface area contributed by atoms with Gasteiger partial charge in [0.15, 0.2) is 0 Å². The number of pyridine rings is 1. The van der Waals surface area contributed by atoms with Gasteiger partial charge >= 0.3 is 0 Å². The Morgan fingerprint density at radius 3 is 2.57 bits per heavy atom. The van der Waals surface area contributed by atoms with Gasteiger partial charge in [0.2, 0.25) is 5.91 Å². The fraction of sp³-hybridized carbons (Fsp3) is 0.568. The average molecular weight is 625 g/mol. The summed E-state index contributed by atoms with van der Waals surface area (Å²) < 4.78 is 1.96. The zero-order chi connectivity index (χ0) is 32.2. The predicted octanol–water partition coefficient (Wildman–Crippen LogP) is 5.27. The van der Waals surface area contributed by atoms with Crippen molar-refractivity contribution in [3.05, 3.63) is 68.8 Å². The molecule has 5 aliphatic rings. The first-order valence-corrected chi connectivity index (χ1v) is 17.3. The second kappa shape index (κ2) is 12.1. The van der Waals surface area contributed by atoms with Crippen LogP contribution in [0, 0.1) is 37.0 Å². The minimum Gasteiger partial charge on any atom is -0.355 e. The lowest BCUT2D eigenvalue weighted by atomic mass is 9.73. The van der Waals surface area contributed by atoms with Gasteiger partial charge in [-0.2, -0.15) is 5.10 Å². The van der Waals surface area contributed by atoms with E-state index < -0.39 is 0 Å². The second-order valence-corrected chi connectivity index (χ2v) is 15.0. The molecule has 4 fully saturated rings. The summed E-state index contributed by atoms with van der Waals surface area (Å²) in [5, 5.41) is 11.7. The summed E-state index contributed by atoms with van der Waals surface area (Å²) in [5.41, 5.74) is 6.08. The van der Waals surface area contributed by atoms with Gasteiger partial charge in [-0.25, -0.2) is 0 Å². The number of hydrogen-bond acceptors (Lipinski definition) is 5. The molecule has 3 aromatic rings. The number of nitrogens with one attached hydrogen (secondary N) is 3. The number of H-pyrrole nitrogens is 1. The van der Waals surface area contributed by atoms with E-state index in [4.69, 9.17) is 0 Å². The summed E-state index contributed by atoms with van der Waals surface area (Å²) in [6.45, 7) is 11.3. The van der Waals surface area contributed by atoms with E-state index >= 15 is 0 Å². The molecule has 0 radical (unpaired) electrons. The van der Waals surface area contributed by atoms with E-state index in [-0.39, 0.29) is 30.0 Å². The summed E-state index contributed by atoms with van der Waals surface area (Å²) in [7, 11) is 0. The molecule has 8 rings (SSSR count). The quantitative estimate of drug-likeness (QED) is 0.285. The van der Waals surface area contributed by atoms with Crippen LogP contribution in [-0.4, -0.2) is 57.7 Å². The minimum atomic E-state index is -0.221. The van der Waals surface area contributed by atoms with Crippen LogP contribution in [0.25, 0.3) is 16.5 Å². The Morgan fingerprint density at radius 1 is 1.09 bits per heavy atom. The molecule has 3 N–H and O–H groups in total. The van der Waals surface area contributed by atoms with E-state index in [9.17, 15) is 14.4 Å². The zero-order valence-electron chi connectivity index (χ0n) is 27.7. The van der Waals surface area contributed by atoms with Crippen molar-refractivity contribution in [2.24, 2.45) is 23.2 Å². The molecule has 0 spiro atoms. The van der Waals surface area contributed by atoms with Crippen molar-refractivity contribution >= 4 is 28.3 Å². The molecule has 1 aromatic carbocycles. The molecule has 9 heteroatoms. The number of fused-ring (bicyclic) bond motifs is 1. The van der Waals surface area contributed by atoms with Gasteiger partial charge in [-0.1, -0.05) is 6.08 Å². The summed E-state index contributed by atoms with van der Waals surface area (Å²) in [6, 6.07) is 6.18. The van der Waals surface area contributed by atoms with Crippen molar-refractivity contribution in [1.82, 2.24) is 30.3 Å². The molecule has 46 heavy (non-hydrogen) atoms. The molecule has 2 aromatic heterocycles. The Kier molecular flexibility index (Phi) is 8.16. The lowest BCUT2D eigenvalue weighted by Crippen LogP contribution is -2.39. The van der Waals surface area contributed by atoms with E-state index in [1.807, 2.05) is 30.7 Å². The van der Waals surface area contributed by atoms with Crippen LogP contribution in [0.3, 0.4) is 0 Å². The summed E-state index contributed by atoms with van der Waals surface area (Å²) in [6.07, 6.45) is 12.3. The maximum atomic E-state index is 13.6. The summed E-state index contributed by atoms with van der Waals surface area (Å²) in [5.74, 6) is 2.57. The van der Waals surface area contributed by atoms with Crippen LogP contribution in [-0.2, 0) is 11.3 Å². The first-order chi connectivity index (χ1) is 22.1. The van der Waals surface area contributed by atoms with Gasteiger partial charge in [0.25, 0.3) is 11.5 Å². The van der Waals surface area contributed by atoms with Crippen LogP contribution < -0.4 is 16.2 Å². The molecule has 2 atom stereocenters. The predicted molar refractivity (Wildman–Crippen MR) is 180 cm³/mol. The maximum Gasteiger partial charge on any atom is 0.253 e. The second-order valence-electron chi connectivity index (χ2n) is 15.0. The average Bonchev–Trinajstić information content (AvgIpc) is 3.61. The van der Waals surface area contributed by atoms with Gasteiger partial charge in [-0.3, -0.25) is 24.0 Å². The molecule has 2 amide bonds. The third-order valence-electron chi connectivity index (χ3n) is 11.5. The molecule has 4 bridgehead atoms. The lowest BCUT2D eigenvalue weighted by Gasteiger charge is -2.32. The Morgan fingerprint density at radius 2 is 1.87 bits per heavy atom. The number of carbonyl (C=O) groups excluding carboxylic acids is 2. The first kappa shape index (κ1) is 30.9. The smallest absolute Gasteiger partial charge is 0.253 e. The molecule has 1 aliphatic heterocycles. The van der Waals surface area contributed by atoms with E-state index in [1.165, 1.54) is 37.7 Å². The highest BCUT2D eigenvalue weighted by atomic mass is 16.2. The summed E-state index contributed by atoms with van der Waals surface area (Å²) in [4.78, 5) is 44.4. The standard InChI is InChI=1S/C37H48N6O3/c1-22(2)43-33-16-28(15-30(32(33)21-40-43)35(45)39-20-31-23(3)11-24(4)41-36(31)46)27-5-8-42(9-6-27)10-7-38-34(44)19-37-17-25-12-26(18-37)14-29(37)13-25/h5,11,15-16,21-22,25-26,29H,6-10,12-14,17-20H2,1-4H3,(H,38,44)(H,39,45)(H,41,46). The normalized spacial score (nSPS) is 25.4. The van der Waals surface area contributed by atoms with Crippen LogP contribution in [0.15, 0.2) is 35.3 Å². The molecule has 9 nitrogen and oxygen atoms in total. The number of aromatic nitrogens is 3. The molecule has 0 saturated heterocycles. The van der Waals surface area contributed by atoms with Crippen molar-refractivity contribution in [3.8, 4) is 0 Å². The van der Waals surface area contributed by atoms with Crippen molar-refractivity contribution < 1.29 is 9.59 Å².